The second-order valence-electron chi connectivity index (χ2n) is 5.01. The maximum absolute atomic E-state index is 4.43. The van der Waals surface area contributed by atoms with Crippen LogP contribution >= 0.6 is 15.9 Å². The molecule has 0 unspecified atom stereocenters. The van der Waals surface area contributed by atoms with Gasteiger partial charge in [-0.2, -0.15) is 0 Å². The third-order valence-corrected chi connectivity index (χ3v) is 4.23. The average molecular weight is 330 g/mol. The number of nitrogens with zero attached hydrogens (tertiary/aromatic N) is 2. The first kappa shape index (κ1) is 13.3. The molecule has 0 aliphatic heterocycles. The van der Waals surface area contributed by atoms with Crippen LogP contribution in [0.2, 0.25) is 0 Å². The Morgan fingerprint density at radius 2 is 2.20 bits per heavy atom. The zero-order valence-electron chi connectivity index (χ0n) is 11.3. The van der Waals surface area contributed by atoms with Crippen molar-refractivity contribution in [3.63, 3.8) is 0 Å². The molecule has 1 heterocycles. The van der Waals surface area contributed by atoms with Crippen LogP contribution in [0.25, 0.3) is 10.9 Å². The molecule has 4 heteroatoms. The highest BCUT2D eigenvalue weighted by Crippen LogP contribution is 2.30. The summed E-state index contributed by atoms with van der Waals surface area (Å²) in [6, 6.07) is 6.06. The van der Waals surface area contributed by atoms with Crippen LogP contribution in [-0.4, -0.2) is 15.5 Å². The minimum absolute atomic E-state index is 0.0572. The molecule has 3 nitrogen and oxygen atoms in total. The summed E-state index contributed by atoms with van der Waals surface area (Å²) in [5.74, 6) is 0.887. The highest BCUT2D eigenvalue weighted by atomic mass is 79.9. The first-order valence-corrected chi connectivity index (χ1v) is 7.54. The molecule has 3 rings (SSSR count). The molecule has 1 aliphatic carbocycles. The number of rotatable bonds is 3. The van der Waals surface area contributed by atoms with Crippen LogP contribution in [-0.2, 0) is 0 Å². The van der Waals surface area contributed by atoms with Gasteiger partial charge in [0.1, 0.15) is 12.1 Å². The summed E-state index contributed by atoms with van der Waals surface area (Å²) in [6.07, 6.45) is 12.2. The van der Waals surface area contributed by atoms with Gasteiger partial charge in [0.15, 0.2) is 0 Å². The van der Waals surface area contributed by atoms with E-state index in [0.717, 1.165) is 34.0 Å². The lowest BCUT2D eigenvalue weighted by Gasteiger charge is -2.32. The topological polar surface area (TPSA) is 37.8 Å². The Bertz CT molecular complexity index is 693. The minimum Gasteiger partial charge on any atom is -0.360 e. The van der Waals surface area contributed by atoms with Crippen molar-refractivity contribution in [1.29, 1.82) is 0 Å². The van der Waals surface area contributed by atoms with Crippen LogP contribution in [0.3, 0.4) is 0 Å². The number of hydrogen-bond acceptors (Lipinski definition) is 3. The van der Waals surface area contributed by atoms with Crippen molar-refractivity contribution >= 4 is 32.7 Å². The molecule has 0 spiro atoms. The van der Waals surface area contributed by atoms with Gasteiger partial charge >= 0.3 is 0 Å². The SMILES string of the molecule is CC[C@]1(Nc2ncnc3ccc(Br)cc23)C=CC=CC1. The lowest BCUT2D eigenvalue weighted by atomic mass is 9.88. The van der Waals surface area contributed by atoms with E-state index in [4.69, 9.17) is 0 Å². The van der Waals surface area contributed by atoms with Gasteiger partial charge in [-0.05, 0) is 31.0 Å². The van der Waals surface area contributed by atoms with Gasteiger partial charge in [-0.15, -0.1) is 0 Å². The molecular formula is C16H16BrN3. The van der Waals surface area contributed by atoms with Gasteiger partial charge in [0.05, 0.1) is 11.1 Å². The molecule has 1 atom stereocenters. The molecule has 1 aliphatic rings. The van der Waals surface area contributed by atoms with Crippen LogP contribution < -0.4 is 5.32 Å². The predicted octanol–water partition coefficient (Wildman–Crippen LogP) is 4.47. The number of fused-ring (bicyclic) bond motifs is 1. The Hall–Kier alpha value is -1.68. The fraction of sp³-hybridized carbons (Fsp3) is 0.250. The molecule has 0 saturated carbocycles. The first-order chi connectivity index (χ1) is 9.72. The van der Waals surface area contributed by atoms with Crippen LogP contribution in [0.1, 0.15) is 19.8 Å². The monoisotopic (exact) mass is 329 g/mol. The summed E-state index contributed by atoms with van der Waals surface area (Å²) >= 11 is 3.51. The second-order valence-corrected chi connectivity index (χ2v) is 5.93. The molecule has 1 aromatic carbocycles. The van der Waals surface area contributed by atoms with E-state index in [1.54, 1.807) is 6.33 Å². The standard InChI is InChI=1S/C16H16BrN3/c1-2-16(8-4-3-5-9-16)20-15-13-10-12(17)6-7-14(13)18-11-19-15/h3-8,10-11H,2,9H2,1H3,(H,18,19,20)/t16-/m0/s1. The molecule has 20 heavy (non-hydrogen) atoms. The lowest BCUT2D eigenvalue weighted by Crippen LogP contribution is -2.36. The zero-order valence-corrected chi connectivity index (χ0v) is 12.9. The van der Waals surface area contributed by atoms with E-state index in [1.165, 1.54) is 0 Å². The molecule has 1 N–H and O–H groups in total. The van der Waals surface area contributed by atoms with Gasteiger partial charge in [-0.25, -0.2) is 9.97 Å². The first-order valence-electron chi connectivity index (χ1n) is 6.75. The van der Waals surface area contributed by atoms with E-state index in [0.29, 0.717) is 0 Å². The van der Waals surface area contributed by atoms with Crippen LogP contribution in [0.5, 0.6) is 0 Å². The van der Waals surface area contributed by atoms with Crippen molar-refractivity contribution < 1.29 is 0 Å². The number of aromatic nitrogens is 2. The molecule has 0 fully saturated rings. The predicted molar refractivity (Wildman–Crippen MR) is 86.8 cm³/mol. The number of allylic oxidation sites excluding steroid dienone is 2. The van der Waals surface area contributed by atoms with E-state index in [-0.39, 0.29) is 5.54 Å². The molecule has 102 valence electrons. The van der Waals surface area contributed by atoms with Gasteiger partial charge in [0, 0.05) is 9.86 Å². The average Bonchev–Trinajstić information content (AvgIpc) is 2.49. The van der Waals surface area contributed by atoms with Crippen molar-refractivity contribution in [2.24, 2.45) is 0 Å². The summed E-state index contributed by atoms with van der Waals surface area (Å²) in [7, 11) is 0. The van der Waals surface area contributed by atoms with Crippen molar-refractivity contribution in [2.75, 3.05) is 5.32 Å². The van der Waals surface area contributed by atoms with Crippen LogP contribution in [0.15, 0.2) is 53.3 Å². The van der Waals surface area contributed by atoms with Gasteiger partial charge in [-0.3, -0.25) is 0 Å². The molecule has 1 aromatic heterocycles. The number of hydrogen-bond donors (Lipinski definition) is 1. The molecule has 0 bridgehead atoms. The fourth-order valence-corrected chi connectivity index (χ4v) is 2.83. The zero-order chi connectivity index (χ0) is 14.0. The Morgan fingerprint density at radius 3 is 2.95 bits per heavy atom. The highest BCUT2D eigenvalue weighted by Gasteiger charge is 2.25. The third kappa shape index (κ3) is 2.48. The fourth-order valence-electron chi connectivity index (χ4n) is 2.47. The summed E-state index contributed by atoms with van der Waals surface area (Å²) in [4.78, 5) is 8.75. The van der Waals surface area contributed by atoms with Gasteiger partial charge in [0.2, 0.25) is 0 Å². The second kappa shape index (κ2) is 5.37. The smallest absolute Gasteiger partial charge is 0.138 e. The number of nitrogens with one attached hydrogen (secondary N) is 1. The maximum atomic E-state index is 4.43. The largest absolute Gasteiger partial charge is 0.360 e. The van der Waals surface area contributed by atoms with Crippen molar-refractivity contribution in [1.82, 2.24) is 9.97 Å². The number of benzene rings is 1. The quantitative estimate of drug-likeness (QED) is 0.902. The molecular weight excluding hydrogens is 314 g/mol. The van der Waals surface area contributed by atoms with Gasteiger partial charge in [-0.1, -0.05) is 47.2 Å². The minimum atomic E-state index is -0.0572. The highest BCUT2D eigenvalue weighted by molar-refractivity contribution is 9.10. The maximum Gasteiger partial charge on any atom is 0.138 e. The van der Waals surface area contributed by atoms with E-state index in [1.807, 2.05) is 12.1 Å². The Labute approximate surface area is 127 Å². The van der Waals surface area contributed by atoms with Gasteiger partial charge < -0.3 is 5.32 Å². The van der Waals surface area contributed by atoms with Crippen molar-refractivity contribution in [2.45, 2.75) is 25.3 Å². The van der Waals surface area contributed by atoms with Crippen molar-refractivity contribution in [3.8, 4) is 0 Å². The Balaban J connectivity index is 2.04. The molecule has 2 aromatic rings. The van der Waals surface area contributed by atoms with E-state index in [9.17, 15) is 0 Å². The van der Waals surface area contributed by atoms with E-state index < -0.39 is 0 Å². The Kier molecular flexibility index (Phi) is 3.57. The molecule has 0 saturated heterocycles. The van der Waals surface area contributed by atoms with Crippen LogP contribution in [0.4, 0.5) is 5.82 Å². The normalized spacial score (nSPS) is 21.3. The van der Waals surface area contributed by atoms with Crippen LogP contribution in [0, 0.1) is 0 Å². The summed E-state index contributed by atoms with van der Waals surface area (Å²) in [5.41, 5.74) is 0.894. The van der Waals surface area contributed by atoms with Crippen molar-refractivity contribution in [3.05, 3.63) is 53.3 Å². The number of anilines is 1. The summed E-state index contributed by atoms with van der Waals surface area (Å²) in [5, 5.41) is 4.64. The van der Waals surface area contributed by atoms with E-state index >= 15 is 0 Å². The Morgan fingerprint density at radius 1 is 1.30 bits per heavy atom. The number of halogens is 1. The van der Waals surface area contributed by atoms with E-state index in [2.05, 4.69) is 68.5 Å². The summed E-state index contributed by atoms with van der Waals surface area (Å²) < 4.78 is 1.03. The molecule has 0 radical (unpaired) electrons. The third-order valence-electron chi connectivity index (χ3n) is 3.74. The van der Waals surface area contributed by atoms with Gasteiger partial charge in [0.25, 0.3) is 0 Å². The lowest BCUT2D eigenvalue weighted by molar-refractivity contribution is 0.555. The summed E-state index contributed by atoms with van der Waals surface area (Å²) in [6.45, 7) is 2.19. The molecule has 0 amide bonds.